The number of hydrogen-bond donors (Lipinski definition) is 3. The molecule has 0 aliphatic carbocycles. The van der Waals surface area contributed by atoms with Crippen molar-refractivity contribution in [3.8, 4) is 0 Å². The number of unbranched alkanes of at least 4 members (excludes halogenated alkanes) is 12. The molecule has 0 amide bonds. The van der Waals surface area contributed by atoms with Crippen LogP contribution in [0, 0.1) is 0 Å². The predicted molar refractivity (Wildman–Crippen MR) is 103 cm³/mol. The van der Waals surface area contributed by atoms with Gasteiger partial charge in [0.1, 0.15) is 0 Å². The predicted octanol–water partition coefficient (Wildman–Crippen LogP) is 4.95. The Bertz CT molecular complexity index is 206. The molecule has 3 heteroatoms. The summed E-state index contributed by atoms with van der Waals surface area (Å²) in [6.45, 7) is 2.89. The van der Waals surface area contributed by atoms with Crippen molar-refractivity contribution in [3.63, 3.8) is 0 Å². The molecule has 0 spiro atoms. The van der Waals surface area contributed by atoms with Gasteiger partial charge in [-0.1, -0.05) is 76.9 Å². The molecule has 23 heavy (non-hydrogen) atoms. The van der Waals surface area contributed by atoms with Crippen LogP contribution in [0.25, 0.3) is 0 Å². The van der Waals surface area contributed by atoms with Crippen molar-refractivity contribution in [2.75, 3.05) is 19.8 Å². The van der Waals surface area contributed by atoms with E-state index >= 15 is 0 Å². The first kappa shape index (κ1) is 24.9. The van der Waals surface area contributed by atoms with Crippen LogP contribution >= 0.6 is 0 Å². The first-order chi connectivity index (χ1) is 11.3. The van der Waals surface area contributed by atoms with Crippen LogP contribution in [0.1, 0.15) is 96.8 Å². The highest BCUT2D eigenvalue weighted by atomic mass is 16.3. The largest absolute Gasteiger partial charge is 0.394 e. The first-order valence-electron chi connectivity index (χ1n) is 9.90. The van der Waals surface area contributed by atoms with Crippen molar-refractivity contribution < 1.29 is 10.2 Å². The number of aliphatic hydroxyl groups excluding tert-OH is 2. The summed E-state index contributed by atoms with van der Waals surface area (Å²) in [5.41, 5.74) is 5.47. The maximum atomic E-state index is 7.62. The van der Waals surface area contributed by atoms with E-state index in [1.165, 1.54) is 89.9 Å². The summed E-state index contributed by atoms with van der Waals surface area (Å²) in [6.07, 6.45) is 23.9. The number of nitrogens with two attached hydrogens (primary N) is 1. The van der Waals surface area contributed by atoms with Gasteiger partial charge in [-0.3, -0.25) is 0 Å². The fourth-order valence-corrected chi connectivity index (χ4v) is 2.39. The number of hydrogen-bond acceptors (Lipinski definition) is 3. The van der Waals surface area contributed by atoms with Crippen molar-refractivity contribution in [1.82, 2.24) is 0 Å². The highest BCUT2D eigenvalue weighted by Gasteiger charge is 1.90. The first-order valence-corrected chi connectivity index (χ1v) is 9.90. The van der Waals surface area contributed by atoms with Crippen molar-refractivity contribution >= 4 is 0 Å². The zero-order chi connectivity index (χ0) is 17.4. The summed E-state index contributed by atoms with van der Waals surface area (Å²) in [6, 6.07) is 0. The average molecular weight is 330 g/mol. The van der Waals surface area contributed by atoms with Crippen LogP contribution in [0.2, 0.25) is 0 Å². The highest BCUT2D eigenvalue weighted by Crippen LogP contribution is 2.09. The summed E-state index contributed by atoms with van der Waals surface area (Å²) in [5.74, 6) is 0. The fraction of sp³-hybridized carbons (Fsp3) is 0.900. The number of allylic oxidation sites excluding steroid dienone is 2. The minimum absolute atomic E-state index is 0.125. The monoisotopic (exact) mass is 329 g/mol. The van der Waals surface area contributed by atoms with E-state index in [1.54, 1.807) is 0 Å². The quantitative estimate of drug-likeness (QED) is 0.277. The van der Waals surface area contributed by atoms with Crippen molar-refractivity contribution in [2.24, 2.45) is 5.73 Å². The van der Waals surface area contributed by atoms with E-state index < -0.39 is 0 Å². The third-order valence-electron chi connectivity index (χ3n) is 3.82. The minimum Gasteiger partial charge on any atom is -0.394 e. The number of aliphatic hydroxyl groups is 2. The highest BCUT2D eigenvalue weighted by molar-refractivity contribution is 4.81. The topological polar surface area (TPSA) is 66.5 Å². The summed E-state index contributed by atoms with van der Waals surface area (Å²) in [4.78, 5) is 0. The molecule has 0 atom stereocenters. The molecule has 0 bridgehead atoms. The number of rotatable bonds is 16. The van der Waals surface area contributed by atoms with Gasteiger partial charge < -0.3 is 15.9 Å². The van der Waals surface area contributed by atoms with E-state index in [9.17, 15) is 0 Å². The zero-order valence-corrected chi connectivity index (χ0v) is 15.6. The van der Waals surface area contributed by atoms with Gasteiger partial charge >= 0.3 is 0 Å². The maximum absolute atomic E-state index is 7.62. The molecule has 0 unspecified atom stereocenters. The lowest BCUT2D eigenvalue weighted by molar-refractivity contribution is 0.186. The Labute approximate surface area is 145 Å². The van der Waals surface area contributed by atoms with Crippen molar-refractivity contribution in [3.05, 3.63) is 12.2 Å². The minimum atomic E-state index is -0.125. The third kappa shape index (κ3) is 30.1. The smallest absolute Gasteiger partial charge is 0.0662 e. The molecular weight excluding hydrogens is 286 g/mol. The molecule has 0 aliphatic heterocycles. The summed E-state index contributed by atoms with van der Waals surface area (Å²) in [7, 11) is 0. The third-order valence-corrected chi connectivity index (χ3v) is 3.82. The van der Waals surface area contributed by atoms with Gasteiger partial charge in [-0.05, 0) is 38.6 Å². The molecule has 0 aromatic carbocycles. The van der Waals surface area contributed by atoms with E-state index in [4.69, 9.17) is 15.9 Å². The molecule has 0 heterocycles. The van der Waals surface area contributed by atoms with Gasteiger partial charge in [-0.2, -0.15) is 0 Å². The van der Waals surface area contributed by atoms with E-state index in [2.05, 4.69) is 19.1 Å². The Morgan fingerprint density at radius 2 is 1.00 bits per heavy atom. The Hall–Kier alpha value is -0.380. The SMILES string of the molecule is CCCCCCCCC=CCCCCCCCCN.OCCO. The maximum Gasteiger partial charge on any atom is 0.0662 e. The van der Waals surface area contributed by atoms with Crippen molar-refractivity contribution in [2.45, 2.75) is 96.8 Å². The molecule has 0 aromatic heterocycles. The van der Waals surface area contributed by atoms with Gasteiger partial charge in [-0.15, -0.1) is 0 Å². The normalized spacial score (nSPS) is 10.8. The second kappa shape index (κ2) is 26.5. The second-order valence-electron chi connectivity index (χ2n) is 6.17. The molecule has 0 radical (unpaired) electrons. The molecule has 3 nitrogen and oxygen atoms in total. The molecule has 0 rings (SSSR count). The lowest BCUT2D eigenvalue weighted by Crippen LogP contribution is -1.97. The van der Waals surface area contributed by atoms with E-state index in [-0.39, 0.29) is 13.2 Å². The van der Waals surface area contributed by atoms with Crippen LogP contribution in [0.4, 0.5) is 0 Å². The molecule has 0 fully saturated rings. The Morgan fingerprint density at radius 3 is 1.39 bits per heavy atom. The van der Waals surface area contributed by atoms with Crippen LogP contribution < -0.4 is 5.73 Å². The van der Waals surface area contributed by atoms with E-state index in [0.29, 0.717) is 0 Å². The zero-order valence-electron chi connectivity index (χ0n) is 15.6. The Balaban J connectivity index is 0. The van der Waals surface area contributed by atoms with E-state index in [1.807, 2.05) is 0 Å². The summed E-state index contributed by atoms with van der Waals surface area (Å²) < 4.78 is 0. The molecule has 140 valence electrons. The lowest BCUT2D eigenvalue weighted by atomic mass is 10.1. The van der Waals surface area contributed by atoms with Gasteiger partial charge in [0.15, 0.2) is 0 Å². The molecule has 4 N–H and O–H groups in total. The summed E-state index contributed by atoms with van der Waals surface area (Å²) >= 11 is 0. The van der Waals surface area contributed by atoms with Gasteiger partial charge in [0.25, 0.3) is 0 Å². The summed E-state index contributed by atoms with van der Waals surface area (Å²) in [5, 5.41) is 15.2. The van der Waals surface area contributed by atoms with Gasteiger partial charge in [0, 0.05) is 0 Å². The molecular formula is C20H43NO2. The second-order valence-corrected chi connectivity index (χ2v) is 6.17. The van der Waals surface area contributed by atoms with Crippen LogP contribution in [-0.2, 0) is 0 Å². The van der Waals surface area contributed by atoms with Gasteiger partial charge in [-0.25, -0.2) is 0 Å². The lowest BCUT2D eigenvalue weighted by Gasteiger charge is -1.99. The van der Waals surface area contributed by atoms with Crippen LogP contribution in [0.15, 0.2) is 12.2 Å². The molecule has 0 saturated heterocycles. The van der Waals surface area contributed by atoms with Gasteiger partial charge in [0.05, 0.1) is 13.2 Å². The average Bonchev–Trinajstić information content (AvgIpc) is 2.58. The van der Waals surface area contributed by atoms with Crippen LogP contribution in [0.5, 0.6) is 0 Å². The van der Waals surface area contributed by atoms with Crippen LogP contribution in [-0.4, -0.2) is 30.0 Å². The van der Waals surface area contributed by atoms with Crippen molar-refractivity contribution in [1.29, 1.82) is 0 Å². The fourth-order valence-electron chi connectivity index (χ4n) is 2.39. The van der Waals surface area contributed by atoms with E-state index in [0.717, 1.165) is 6.54 Å². The molecule has 0 saturated carbocycles. The Kier molecular flexibility index (Phi) is 28.7. The molecule has 0 aromatic rings. The van der Waals surface area contributed by atoms with Crippen LogP contribution in [0.3, 0.4) is 0 Å². The molecule has 0 aliphatic rings. The van der Waals surface area contributed by atoms with Gasteiger partial charge in [0.2, 0.25) is 0 Å². The standard InChI is InChI=1S/C18H37N.C2H6O2/c1-2-3-4-5-6-7-8-9-10-11-12-13-14-15-16-17-18-19;3-1-2-4/h9-10H,2-8,11-19H2,1H3;3-4H,1-2H2. The Morgan fingerprint density at radius 1 is 0.609 bits per heavy atom.